The minimum absolute atomic E-state index is 0.155. The Bertz CT molecular complexity index is 437. The van der Waals surface area contributed by atoms with Crippen LogP contribution in [0, 0.1) is 0 Å². The second-order valence-corrected chi connectivity index (χ2v) is 4.32. The highest BCUT2D eigenvalue weighted by atomic mass is 35.5. The number of carbonyl (C=O) groups is 1. The lowest BCUT2D eigenvalue weighted by atomic mass is 10.2. The van der Waals surface area contributed by atoms with Gasteiger partial charge in [-0.3, -0.25) is 0 Å². The number of ether oxygens (including phenoxy) is 1. The van der Waals surface area contributed by atoms with Crippen LogP contribution in [0.5, 0.6) is 5.75 Å². The average Bonchev–Trinajstić information content (AvgIpc) is 2.35. The van der Waals surface area contributed by atoms with Crippen molar-refractivity contribution in [1.82, 2.24) is 0 Å². The maximum absolute atomic E-state index is 10.4. The zero-order valence-electron chi connectivity index (χ0n) is 10.5. The van der Waals surface area contributed by atoms with Crippen LogP contribution in [0.25, 0.3) is 6.08 Å². The smallest absolute Gasteiger partial charge is 0.328 e. The molecule has 98 valence electrons. The van der Waals surface area contributed by atoms with Crippen molar-refractivity contribution in [3.05, 3.63) is 34.9 Å². The molecule has 0 spiro atoms. The van der Waals surface area contributed by atoms with Crippen molar-refractivity contribution in [3.63, 3.8) is 0 Å². The molecule has 4 heteroatoms. The summed E-state index contributed by atoms with van der Waals surface area (Å²) in [5, 5.41) is 9.03. The molecule has 0 aliphatic rings. The molecule has 3 nitrogen and oxygen atoms in total. The van der Waals surface area contributed by atoms with Gasteiger partial charge in [0.2, 0.25) is 0 Å². The predicted molar refractivity (Wildman–Crippen MR) is 73.1 cm³/mol. The molecular formula is C14H17ClO3. The standard InChI is InChI=1S/C14H17ClO3/c1-3-11(4-2)18-13-7-5-10(9-12(13)15)6-8-14(16)17/h5-9,11H,3-4H2,1-2H3,(H,16,17). The number of halogens is 1. The minimum atomic E-state index is -0.983. The molecule has 0 amide bonds. The van der Waals surface area contributed by atoms with Crippen LogP contribution in [0.1, 0.15) is 32.3 Å². The normalized spacial score (nSPS) is 11.1. The van der Waals surface area contributed by atoms with Crippen molar-refractivity contribution in [3.8, 4) is 5.75 Å². The average molecular weight is 269 g/mol. The molecule has 0 fully saturated rings. The molecule has 0 aromatic heterocycles. The number of rotatable bonds is 6. The van der Waals surface area contributed by atoms with Crippen LogP contribution in [0.4, 0.5) is 0 Å². The summed E-state index contributed by atoms with van der Waals surface area (Å²) in [6, 6.07) is 5.24. The summed E-state index contributed by atoms with van der Waals surface area (Å²) in [5.74, 6) is -0.346. The third-order valence-electron chi connectivity index (χ3n) is 2.58. The summed E-state index contributed by atoms with van der Waals surface area (Å²) < 4.78 is 5.75. The molecular weight excluding hydrogens is 252 g/mol. The number of hydrogen-bond acceptors (Lipinski definition) is 2. The fourth-order valence-electron chi connectivity index (χ4n) is 1.52. The molecule has 1 aromatic carbocycles. The van der Waals surface area contributed by atoms with E-state index in [0.29, 0.717) is 10.8 Å². The van der Waals surface area contributed by atoms with Crippen molar-refractivity contribution in [2.75, 3.05) is 0 Å². The Balaban J connectivity index is 2.82. The number of benzene rings is 1. The van der Waals surface area contributed by atoms with E-state index in [-0.39, 0.29) is 6.10 Å². The van der Waals surface area contributed by atoms with Gasteiger partial charge >= 0.3 is 5.97 Å². The van der Waals surface area contributed by atoms with E-state index in [4.69, 9.17) is 21.4 Å². The van der Waals surface area contributed by atoms with Gasteiger partial charge in [-0.25, -0.2) is 4.79 Å². The van der Waals surface area contributed by atoms with Crippen LogP contribution >= 0.6 is 11.6 Å². The molecule has 0 aliphatic heterocycles. The van der Waals surface area contributed by atoms with Crippen LogP contribution in [-0.2, 0) is 4.79 Å². The number of aliphatic carboxylic acids is 1. The van der Waals surface area contributed by atoms with E-state index in [1.165, 1.54) is 6.08 Å². The van der Waals surface area contributed by atoms with Gasteiger partial charge in [-0.05, 0) is 36.6 Å². The summed E-state index contributed by atoms with van der Waals surface area (Å²) in [7, 11) is 0. The van der Waals surface area contributed by atoms with E-state index in [2.05, 4.69) is 13.8 Å². The highest BCUT2D eigenvalue weighted by Gasteiger charge is 2.08. The fraction of sp³-hybridized carbons (Fsp3) is 0.357. The van der Waals surface area contributed by atoms with Gasteiger partial charge in [-0.2, -0.15) is 0 Å². The van der Waals surface area contributed by atoms with Crippen molar-refractivity contribution in [1.29, 1.82) is 0 Å². The van der Waals surface area contributed by atoms with Gasteiger partial charge in [0.05, 0.1) is 11.1 Å². The van der Waals surface area contributed by atoms with E-state index in [0.717, 1.165) is 24.5 Å². The second kappa shape index (κ2) is 7.07. The van der Waals surface area contributed by atoms with Crippen LogP contribution in [-0.4, -0.2) is 17.2 Å². The van der Waals surface area contributed by atoms with Crippen molar-refractivity contribution in [2.45, 2.75) is 32.8 Å². The lowest BCUT2D eigenvalue weighted by molar-refractivity contribution is -0.131. The molecule has 1 rings (SSSR count). The summed E-state index contributed by atoms with van der Waals surface area (Å²) >= 11 is 6.10. The maximum Gasteiger partial charge on any atom is 0.328 e. The first-order valence-corrected chi connectivity index (χ1v) is 6.31. The van der Waals surface area contributed by atoms with E-state index >= 15 is 0 Å². The largest absolute Gasteiger partial charge is 0.489 e. The minimum Gasteiger partial charge on any atom is -0.489 e. The Morgan fingerprint density at radius 1 is 1.44 bits per heavy atom. The second-order valence-electron chi connectivity index (χ2n) is 3.92. The van der Waals surface area contributed by atoms with E-state index in [1.54, 1.807) is 18.2 Å². The summed E-state index contributed by atoms with van der Waals surface area (Å²) in [6.45, 7) is 4.12. The zero-order chi connectivity index (χ0) is 13.5. The Kier molecular flexibility index (Phi) is 5.72. The molecule has 0 saturated carbocycles. The van der Waals surface area contributed by atoms with Crippen molar-refractivity contribution < 1.29 is 14.6 Å². The predicted octanol–water partition coefficient (Wildman–Crippen LogP) is 4.01. The quantitative estimate of drug-likeness (QED) is 0.793. The molecule has 0 aliphatic carbocycles. The molecule has 0 radical (unpaired) electrons. The number of carboxylic acid groups (broad SMARTS) is 1. The summed E-state index contributed by atoms with van der Waals surface area (Å²) in [5.41, 5.74) is 0.735. The lowest BCUT2D eigenvalue weighted by Crippen LogP contribution is -2.13. The van der Waals surface area contributed by atoms with Gasteiger partial charge in [0, 0.05) is 6.08 Å². The van der Waals surface area contributed by atoms with E-state index in [9.17, 15) is 4.79 Å². The Hall–Kier alpha value is -1.48. The van der Waals surface area contributed by atoms with E-state index < -0.39 is 5.97 Å². The fourth-order valence-corrected chi connectivity index (χ4v) is 1.75. The highest BCUT2D eigenvalue weighted by molar-refractivity contribution is 6.32. The molecule has 0 saturated heterocycles. The first-order chi connectivity index (χ1) is 8.56. The Morgan fingerprint density at radius 3 is 2.61 bits per heavy atom. The topological polar surface area (TPSA) is 46.5 Å². The van der Waals surface area contributed by atoms with Gasteiger partial charge < -0.3 is 9.84 Å². The lowest BCUT2D eigenvalue weighted by Gasteiger charge is -2.16. The van der Waals surface area contributed by atoms with Gasteiger partial charge in [0.15, 0.2) is 0 Å². The van der Waals surface area contributed by atoms with Gasteiger partial charge in [0.25, 0.3) is 0 Å². The van der Waals surface area contributed by atoms with Crippen LogP contribution < -0.4 is 4.74 Å². The van der Waals surface area contributed by atoms with Crippen LogP contribution in [0.3, 0.4) is 0 Å². The van der Waals surface area contributed by atoms with Crippen molar-refractivity contribution >= 4 is 23.6 Å². The molecule has 0 bridgehead atoms. The molecule has 18 heavy (non-hydrogen) atoms. The molecule has 0 heterocycles. The first-order valence-electron chi connectivity index (χ1n) is 5.94. The molecule has 0 atom stereocenters. The number of carboxylic acids is 1. The summed E-state index contributed by atoms with van der Waals surface area (Å²) in [4.78, 5) is 10.4. The van der Waals surface area contributed by atoms with E-state index in [1.807, 2.05) is 0 Å². The number of hydrogen-bond donors (Lipinski definition) is 1. The van der Waals surface area contributed by atoms with Gasteiger partial charge in [-0.1, -0.05) is 31.5 Å². The first kappa shape index (κ1) is 14.6. The Labute approximate surface area is 112 Å². The third-order valence-corrected chi connectivity index (χ3v) is 2.87. The molecule has 1 N–H and O–H groups in total. The molecule has 1 aromatic rings. The van der Waals surface area contributed by atoms with Crippen LogP contribution in [0.2, 0.25) is 5.02 Å². The highest BCUT2D eigenvalue weighted by Crippen LogP contribution is 2.27. The van der Waals surface area contributed by atoms with Gasteiger partial charge in [0.1, 0.15) is 5.75 Å². The zero-order valence-corrected chi connectivity index (χ0v) is 11.3. The third kappa shape index (κ3) is 4.41. The Morgan fingerprint density at radius 2 is 2.11 bits per heavy atom. The summed E-state index contributed by atoms with van der Waals surface area (Å²) in [6.07, 6.45) is 4.58. The van der Waals surface area contributed by atoms with Crippen LogP contribution in [0.15, 0.2) is 24.3 Å². The monoisotopic (exact) mass is 268 g/mol. The SMILES string of the molecule is CCC(CC)Oc1ccc(C=CC(=O)O)cc1Cl. The van der Waals surface area contributed by atoms with Gasteiger partial charge in [-0.15, -0.1) is 0 Å². The maximum atomic E-state index is 10.4. The molecule has 0 unspecified atom stereocenters. The van der Waals surface area contributed by atoms with Crippen molar-refractivity contribution in [2.24, 2.45) is 0 Å².